The number of anilines is 1. The van der Waals surface area contributed by atoms with E-state index >= 15 is 0 Å². The Morgan fingerprint density at radius 2 is 1.93 bits per heavy atom. The highest BCUT2D eigenvalue weighted by molar-refractivity contribution is 5.31. The van der Waals surface area contributed by atoms with Crippen LogP contribution in [0.4, 0.5) is 5.82 Å². The van der Waals surface area contributed by atoms with Crippen molar-refractivity contribution in [3.05, 3.63) is 11.8 Å². The molecule has 2 unspecified atom stereocenters. The molecule has 0 aliphatic heterocycles. The van der Waals surface area contributed by atoms with Crippen LogP contribution in [0.5, 0.6) is 0 Å². The van der Waals surface area contributed by atoms with E-state index in [4.69, 9.17) is 5.73 Å². The predicted molar refractivity (Wildman–Crippen MR) is 62.6 cm³/mol. The van der Waals surface area contributed by atoms with Crippen molar-refractivity contribution < 1.29 is 0 Å². The molecule has 1 aliphatic carbocycles. The maximum absolute atomic E-state index is 6.00. The Hall–Kier alpha value is -0.990. The Balaban J connectivity index is 2.31. The molecule has 1 saturated carbocycles. The lowest BCUT2D eigenvalue weighted by atomic mass is 9.79. The molecule has 3 nitrogen and oxygen atoms in total. The number of nitrogens with zero attached hydrogens (tertiary/aromatic N) is 2. The molecule has 0 spiro atoms. The summed E-state index contributed by atoms with van der Waals surface area (Å²) in [4.78, 5) is 0. The van der Waals surface area contributed by atoms with Gasteiger partial charge in [-0.2, -0.15) is 5.10 Å². The van der Waals surface area contributed by atoms with E-state index in [1.807, 2.05) is 17.7 Å². The minimum Gasteiger partial charge on any atom is -0.384 e. The summed E-state index contributed by atoms with van der Waals surface area (Å²) >= 11 is 0. The second-order valence-electron chi connectivity index (χ2n) is 5.03. The van der Waals surface area contributed by atoms with Gasteiger partial charge in [-0.25, -0.2) is 4.68 Å². The summed E-state index contributed by atoms with van der Waals surface area (Å²) in [6.07, 6.45) is 3.94. The highest BCUT2D eigenvalue weighted by Crippen LogP contribution is 2.38. The van der Waals surface area contributed by atoms with Crippen molar-refractivity contribution in [2.24, 2.45) is 11.8 Å². The van der Waals surface area contributed by atoms with Crippen LogP contribution in [0.25, 0.3) is 0 Å². The summed E-state index contributed by atoms with van der Waals surface area (Å²) in [5, 5.41) is 4.53. The number of aromatic nitrogens is 2. The molecule has 0 amide bonds. The van der Waals surface area contributed by atoms with Crippen molar-refractivity contribution in [3.63, 3.8) is 0 Å². The van der Waals surface area contributed by atoms with Gasteiger partial charge in [-0.15, -0.1) is 0 Å². The molecule has 3 heteroatoms. The van der Waals surface area contributed by atoms with Crippen LogP contribution < -0.4 is 5.73 Å². The van der Waals surface area contributed by atoms with Crippen molar-refractivity contribution in [2.45, 2.75) is 46.1 Å². The van der Waals surface area contributed by atoms with E-state index in [-0.39, 0.29) is 0 Å². The second-order valence-corrected chi connectivity index (χ2v) is 5.03. The largest absolute Gasteiger partial charge is 0.384 e. The Morgan fingerprint density at radius 1 is 1.33 bits per heavy atom. The fraction of sp³-hybridized carbons (Fsp3) is 0.750. The lowest BCUT2D eigenvalue weighted by molar-refractivity contribution is 0.172. The zero-order valence-electron chi connectivity index (χ0n) is 9.90. The third kappa shape index (κ3) is 1.87. The molecule has 0 bridgehead atoms. The van der Waals surface area contributed by atoms with Crippen LogP contribution in [0, 0.1) is 18.8 Å². The minimum atomic E-state index is 0.493. The second kappa shape index (κ2) is 3.87. The van der Waals surface area contributed by atoms with Crippen LogP contribution in [0.1, 0.15) is 44.8 Å². The third-order valence-corrected chi connectivity index (χ3v) is 3.65. The van der Waals surface area contributed by atoms with E-state index in [0.29, 0.717) is 17.9 Å². The summed E-state index contributed by atoms with van der Waals surface area (Å²) in [6, 6.07) is 2.46. The summed E-state index contributed by atoms with van der Waals surface area (Å²) in [5.74, 6) is 2.20. The molecule has 84 valence electrons. The van der Waals surface area contributed by atoms with Gasteiger partial charge in [-0.05, 0) is 31.6 Å². The van der Waals surface area contributed by atoms with Gasteiger partial charge in [0, 0.05) is 6.07 Å². The molecule has 1 aromatic heterocycles. The monoisotopic (exact) mass is 207 g/mol. The Labute approximate surface area is 91.7 Å². The molecule has 2 rings (SSSR count). The number of aryl methyl sites for hydroxylation is 1. The van der Waals surface area contributed by atoms with E-state index in [1.54, 1.807) is 0 Å². The first kappa shape index (κ1) is 10.5. The third-order valence-electron chi connectivity index (χ3n) is 3.65. The van der Waals surface area contributed by atoms with Crippen LogP contribution in [0.3, 0.4) is 0 Å². The van der Waals surface area contributed by atoms with Gasteiger partial charge in [-0.3, -0.25) is 0 Å². The van der Waals surface area contributed by atoms with E-state index in [9.17, 15) is 0 Å². The van der Waals surface area contributed by atoms with E-state index < -0.39 is 0 Å². The topological polar surface area (TPSA) is 43.8 Å². The van der Waals surface area contributed by atoms with Gasteiger partial charge in [0.2, 0.25) is 0 Å². The predicted octanol–water partition coefficient (Wildman–Crippen LogP) is 2.77. The summed E-state index contributed by atoms with van der Waals surface area (Å²) in [7, 11) is 0. The smallest absolute Gasteiger partial charge is 0.122 e. The van der Waals surface area contributed by atoms with Crippen molar-refractivity contribution in [1.29, 1.82) is 0 Å². The summed E-state index contributed by atoms with van der Waals surface area (Å²) in [5.41, 5.74) is 7.02. The van der Waals surface area contributed by atoms with Crippen LogP contribution in [0.2, 0.25) is 0 Å². The number of nitrogens with two attached hydrogens (primary N) is 1. The SMILES string of the molecule is Cc1cc(N)n(C2C(C)CCCC2C)n1. The van der Waals surface area contributed by atoms with Crippen LogP contribution in [-0.4, -0.2) is 9.78 Å². The molecule has 1 fully saturated rings. The fourth-order valence-corrected chi connectivity index (χ4v) is 2.92. The Bertz CT molecular complexity index is 333. The van der Waals surface area contributed by atoms with Gasteiger partial charge in [0.1, 0.15) is 5.82 Å². The van der Waals surface area contributed by atoms with Crippen LogP contribution >= 0.6 is 0 Å². The normalized spacial score (nSPS) is 31.8. The lowest BCUT2D eigenvalue weighted by Gasteiger charge is -2.35. The Morgan fingerprint density at radius 3 is 2.40 bits per heavy atom. The molecule has 1 heterocycles. The first-order valence-corrected chi connectivity index (χ1v) is 5.91. The quantitative estimate of drug-likeness (QED) is 0.769. The number of rotatable bonds is 1. The molecule has 1 aliphatic rings. The summed E-state index contributed by atoms with van der Waals surface area (Å²) < 4.78 is 2.05. The van der Waals surface area contributed by atoms with Crippen molar-refractivity contribution >= 4 is 5.82 Å². The standard InChI is InChI=1S/C12H21N3/c1-8-5-4-6-9(2)12(8)15-11(13)7-10(3)14-15/h7-9,12H,4-6,13H2,1-3H3. The molecule has 15 heavy (non-hydrogen) atoms. The number of hydrogen-bond donors (Lipinski definition) is 1. The molecule has 0 aromatic carbocycles. The minimum absolute atomic E-state index is 0.493. The number of hydrogen-bond acceptors (Lipinski definition) is 2. The molecule has 1 aromatic rings. The van der Waals surface area contributed by atoms with Crippen molar-refractivity contribution in [3.8, 4) is 0 Å². The Kier molecular flexibility index (Phi) is 2.72. The van der Waals surface area contributed by atoms with Gasteiger partial charge in [0.05, 0.1) is 11.7 Å². The first-order chi connectivity index (χ1) is 7.09. The molecular formula is C12H21N3. The summed E-state index contributed by atoms with van der Waals surface area (Å²) in [6.45, 7) is 6.64. The van der Waals surface area contributed by atoms with Gasteiger partial charge in [-0.1, -0.05) is 20.3 Å². The highest BCUT2D eigenvalue weighted by Gasteiger charge is 2.30. The molecular weight excluding hydrogens is 186 g/mol. The molecule has 2 atom stereocenters. The van der Waals surface area contributed by atoms with E-state index in [1.165, 1.54) is 19.3 Å². The van der Waals surface area contributed by atoms with Crippen molar-refractivity contribution in [2.75, 3.05) is 5.73 Å². The van der Waals surface area contributed by atoms with E-state index in [0.717, 1.165) is 11.5 Å². The van der Waals surface area contributed by atoms with Gasteiger partial charge in [0.25, 0.3) is 0 Å². The zero-order chi connectivity index (χ0) is 11.0. The molecule has 0 saturated heterocycles. The van der Waals surface area contributed by atoms with Gasteiger partial charge < -0.3 is 5.73 Å². The molecule has 0 radical (unpaired) electrons. The zero-order valence-corrected chi connectivity index (χ0v) is 9.90. The van der Waals surface area contributed by atoms with E-state index in [2.05, 4.69) is 18.9 Å². The highest BCUT2D eigenvalue weighted by atomic mass is 15.3. The fourth-order valence-electron chi connectivity index (χ4n) is 2.92. The lowest BCUT2D eigenvalue weighted by Crippen LogP contribution is -2.29. The van der Waals surface area contributed by atoms with Crippen LogP contribution in [-0.2, 0) is 0 Å². The van der Waals surface area contributed by atoms with Crippen molar-refractivity contribution in [1.82, 2.24) is 9.78 Å². The van der Waals surface area contributed by atoms with Gasteiger partial charge in [0.15, 0.2) is 0 Å². The van der Waals surface area contributed by atoms with Crippen LogP contribution in [0.15, 0.2) is 6.07 Å². The first-order valence-electron chi connectivity index (χ1n) is 5.91. The maximum atomic E-state index is 6.00. The average molecular weight is 207 g/mol. The molecule has 2 N–H and O–H groups in total. The van der Waals surface area contributed by atoms with Gasteiger partial charge >= 0.3 is 0 Å². The average Bonchev–Trinajstić information content (AvgIpc) is 2.45. The maximum Gasteiger partial charge on any atom is 0.122 e. The number of nitrogen functional groups attached to an aromatic ring is 1.